The summed E-state index contributed by atoms with van der Waals surface area (Å²) in [5.41, 5.74) is 0. The molecule has 0 radical (unpaired) electrons. The molecule has 102 valence electrons. The van der Waals surface area contributed by atoms with E-state index in [0.717, 1.165) is 18.8 Å². The van der Waals surface area contributed by atoms with E-state index in [1.807, 2.05) is 0 Å². The lowest BCUT2D eigenvalue weighted by Crippen LogP contribution is -2.11. The summed E-state index contributed by atoms with van der Waals surface area (Å²) in [7, 11) is 0. The van der Waals surface area contributed by atoms with Crippen LogP contribution in [0.3, 0.4) is 0 Å². The molecule has 1 unspecified atom stereocenters. The normalized spacial score (nSPS) is 31.4. The topological polar surface area (TPSA) is 20.2 Å². The molecule has 17 heavy (non-hydrogen) atoms. The van der Waals surface area contributed by atoms with Crippen LogP contribution < -0.4 is 0 Å². The Morgan fingerprint density at radius 1 is 0.647 bits per heavy atom. The number of aliphatic hydroxyl groups is 1. The Bertz CT molecular complexity index is 149. The van der Waals surface area contributed by atoms with Gasteiger partial charge in [0.1, 0.15) is 0 Å². The molecule has 1 heteroatoms. The van der Waals surface area contributed by atoms with Crippen molar-refractivity contribution >= 4 is 0 Å². The van der Waals surface area contributed by atoms with Gasteiger partial charge in [-0.05, 0) is 18.8 Å². The third-order valence-corrected chi connectivity index (χ3v) is 4.16. The lowest BCUT2D eigenvalue weighted by molar-refractivity contribution is 0.130. The van der Waals surface area contributed by atoms with Gasteiger partial charge in [-0.1, -0.05) is 77.6 Å². The molecule has 0 amide bonds. The molecule has 1 fully saturated rings. The summed E-state index contributed by atoms with van der Waals surface area (Å²) >= 11 is 0. The van der Waals surface area contributed by atoms with Gasteiger partial charge < -0.3 is 5.11 Å². The maximum atomic E-state index is 9.94. The minimum Gasteiger partial charge on any atom is -0.393 e. The smallest absolute Gasteiger partial charge is 0.0542 e. The molecule has 0 spiro atoms. The van der Waals surface area contributed by atoms with Gasteiger partial charge in [-0.3, -0.25) is 0 Å². The van der Waals surface area contributed by atoms with E-state index in [1.54, 1.807) is 0 Å². The molecule has 0 aromatic rings. The fourth-order valence-electron chi connectivity index (χ4n) is 2.99. The van der Waals surface area contributed by atoms with Crippen molar-refractivity contribution in [3.05, 3.63) is 0 Å². The zero-order valence-electron chi connectivity index (χ0n) is 11.8. The van der Waals surface area contributed by atoms with Crippen molar-refractivity contribution in [2.75, 3.05) is 0 Å². The second-order valence-corrected chi connectivity index (χ2v) is 6.11. The maximum Gasteiger partial charge on any atom is 0.0542 e. The van der Waals surface area contributed by atoms with Gasteiger partial charge in [0.2, 0.25) is 0 Å². The van der Waals surface area contributed by atoms with Crippen molar-refractivity contribution in [2.24, 2.45) is 5.92 Å². The van der Waals surface area contributed by atoms with Gasteiger partial charge in [0.25, 0.3) is 0 Å². The van der Waals surface area contributed by atoms with Crippen LogP contribution >= 0.6 is 0 Å². The minimum absolute atomic E-state index is 0.0323. The highest BCUT2D eigenvalue weighted by molar-refractivity contribution is 4.63. The highest BCUT2D eigenvalue weighted by Crippen LogP contribution is 2.20. The summed E-state index contributed by atoms with van der Waals surface area (Å²) in [4.78, 5) is 0. The van der Waals surface area contributed by atoms with Gasteiger partial charge >= 0.3 is 0 Å². The predicted octanol–water partition coefficient (Wildman–Crippen LogP) is 5.07. The van der Waals surface area contributed by atoms with E-state index in [1.165, 1.54) is 70.6 Å². The first-order chi connectivity index (χ1) is 8.29. The van der Waals surface area contributed by atoms with Crippen LogP contribution in [0.2, 0.25) is 0 Å². The molecule has 1 aliphatic rings. The van der Waals surface area contributed by atoms with Crippen LogP contribution in [-0.2, 0) is 0 Å². The first kappa shape index (κ1) is 15.0. The lowest BCUT2D eigenvalue weighted by atomic mass is 9.94. The van der Waals surface area contributed by atoms with Gasteiger partial charge in [0.15, 0.2) is 0 Å². The highest BCUT2D eigenvalue weighted by atomic mass is 16.3. The Morgan fingerprint density at radius 2 is 1.06 bits per heavy atom. The van der Waals surface area contributed by atoms with Crippen LogP contribution in [-0.4, -0.2) is 11.2 Å². The van der Waals surface area contributed by atoms with Crippen LogP contribution in [0.5, 0.6) is 0 Å². The molecular weight excluding hydrogens is 208 g/mol. The van der Waals surface area contributed by atoms with Gasteiger partial charge in [0, 0.05) is 0 Å². The fourth-order valence-corrected chi connectivity index (χ4v) is 2.99. The zero-order chi connectivity index (χ0) is 12.3. The van der Waals surface area contributed by atoms with Crippen molar-refractivity contribution in [3.63, 3.8) is 0 Å². The number of rotatable bonds is 0. The van der Waals surface area contributed by atoms with E-state index < -0.39 is 0 Å². The average Bonchev–Trinajstić information content (AvgIpc) is 2.30. The summed E-state index contributed by atoms with van der Waals surface area (Å²) in [6.45, 7) is 2.31. The number of hydrogen-bond donors (Lipinski definition) is 1. The van der Waals surface area contributed by atoms with Crippen molar-refractivity contribution in [1.29, 1.82) is 0 Å². The Hall–Kier alpha value is -0.0400. The quantitative estimate of drug-likeness (QED) is 0.627. The summed E-state index contributed by atoms with van der Waals surface area (Å²) < 4.78 is 0. The molecule has 0 saturated heterocycles. The SMILES string of the molecule is CC1CCCCCCCCCCCC[C@@H](O)C1. The molecule has 0 aromatic carbocycles. The van der Waals surface area contributed by atoms with Gasteiger partial charge in [-0.15, -0.1) is 0 Å². The van der Waals surface area contributed by atoms with Crippen molar-refractivity contribution in [2.45, 2.75) is 96.5 Å². The molecule has 0 aliphatic heterocycles. The van der Waals surface area contributed by atoms with Crippen molar-refractivity contribution < 1.29 is 5.11 Å². The standard InChI is InChI=1S/C16H32O/c1-15-12-10-8-6-4-2-3-5-7-9-11-13-16(17)14-15/h15-17H,2-14H2,1H3/t15?,16-/m1/s1. The highest BCUT2D eigenvalue weighted by Gasteiger charge is 2.10. The van der Waals surface area contributed by atoms with Crippen LogP contribution in [0.15, 0.2) is 0 Å². The summed E-state index contributed by atoms with van der Waals surface area (Å²) in [5.74, 6) is 0.718. The summed E-state index contributed by atoms with van der Waals surface area (Å²) in [5, 5.41) is 9.94. The van der Waals surface area contributed by atoms with E-state index in [0.29, 0.717) is 0 Å². The van der Waals surface area contributed by atoms with E-state index >= 15 is 0 Å². The second-order valence-electron chi connectivity index (χ2n) is 6.11. The van der Waals surface area contributed by atoms with E-state index in [-0.39, 0.29) is 6.10 Å². The molecule has 1 rings (SSSR count). The lowest BCUT2D eigenvalue weighted by Gasteiger charge is -2.16. The molecule has 0 bridgehead atoms. The first-order valence-electron chi connectivity index (χ1n) is 7.97. The van der Waals surface area contributed by atoms with Crippen LogP contribution in [0.25, 0.3) is 0 Å². The van der Waals surface area contributed by atoms with E-state index in [4.69, 9.17) is 0 Å². The predicted molar refractivity (Wildman–Crippen MR) is 75.2 cm³/mol. The third-order valence-electron chi connectivity index (χ3n) is 4.16. The average molecular weight is 240 g/mol. The summed E-state index contributed by atoms with van der Waals surface area (Å²) in [6, 6.07) is 0. The first-order valence-corrected chi connectivity index (χ1v) is 7.97. The van der Waals surface area contributed by atoms with Crippen LogP contribution in [0.4, 0.5) is 0 Å². The molecular formula is C16H32O. The van der Waals surface area contributed by atoms with E-state index in [9.17, 15) is 5.11 Å². The Balaban J connectivity index is 2.21. The molecule has 0 aromatic heterocycles. The molecule has 1 aliphatic carbocycles. The van der Waals surface area contributed by atoms with Crippen molar-refractivity contribution in [3.8, 4) is 0 Å². The molecule has 1 saturated carbocycles. The van der Waals surface area contributed by atoms with E-state index in [2.05, 4.69) is 6.92 Å². The largest absolute Gasteiger partial charge is 0.393 e. The molecule has 0 heterocycles. The molecule has 2 atom stereocenters. The van der Waals surface area contributed by atoms with Crippen LogP contribution in [0, 0.1) is 5.92 Å². The molecule has 1 N–H and O–H groups in total. The zero-order valence-corrected chi connectivity index (χ0v) is 11.8. The Kier molecular flexibility index (Phi) is 8.78. The van der Waals surface area contributed by atoms with Crippen LogP contribution in [0.1, 0.15) is 90.4 Å². The number of hydrogen-bond acceptors (Lipinski definition) is 1. The Labute approximate surface area is 108 Å². The van der Waals surface area contributed by atoms with Gasteiger partial charge in [-0.2, -0.15) is 0 Å². The Morgan fingerprint density at radius 3 is 1.59 bits per heavy atom. The van der Waals surface area contributed by atoms with Gasteiger partial charge in [0.05, 0.1) is 6.10 Å². The monoisotopic (exact) mass is 240 g/mol. The fraction of sp³-hybridized carbons (Fsp3) is 1.00. The second kappa shape index (κ2) is 9.94. The minimum atomic E-state index is -0.0323. The summed E-state index contributed by atoms with van der Waals surface area (Å²) in [6.07, 6.45) is 17.2. The molecule has 1 nitrogen and oxygen atoms in total. The van der Waals surface area contributed by atoms with Crippen molar-refractivity contribution in [1.82, 2.24) is 0 Å². The number of aliphatic hydroxyl groups excluding tert-OH is 1. The third kappa shape index (κ3) is 8.65. The maximum absolute atomic E-state index is 9.94. The van der Waals surface area contributed by atoms with Gasteiger partial charge in [-0.25, -0.2) is 0 Å².